The van der Waals surface area contributed by atoms with Crippen LogP contribution in [0.15, 0.2) is 5.16 Å². The molecule has 0 unspecified atom stereocenters. The van der Waals surface area contributed by atoms with Crippen LogP contribution in [-0.4, -0.2) is 55.5 Å². The van der Waals surface area contributed by atoms with Gasteiger partial charge in [0.25, 0.3) is 0 Å². The molecule has 1 aliphatic rings. The molecule has 13 heavy (non-hydrogen) atoms. The monoisotopic (exact) mass is 185 g/mol. The molecule has 1 aliphatic heterocycles. The number of rotatable bonds is 4. The minimum Gasteiger partial charge on any atom is -0.380 e. The first-order chi connectivity index (χ1) is 6.36. The summed E-state index contributed by atoms with van der Waals surface area (Å²) in [5, 5.41) is 3.72. The normalized spacial score (nSPS) is 21.1. The third-order valence-corrected chi connectivity index (χ3v) is 2.33. The molecule has 0 atom stereocenters. The van der Waals surface area contributed by atoms with Crippen LogP contribution < -0.4 is 0 Å². The predicted octanol–water partition coefficient (Wildman–Crippen LogP) is 0.604. The van der Waals surface area contributed by atoms with E-state index in [1.165, 1.54) is 0 Å². The van der Waals surface area contributed by atoms with Crippen LogP contribution in [-0.2, 0) is 4.84 Å². The first-order valence-corrected chi connectivity index (χ1v) is 4.91. The summed E-state index contributed by atoms with van der Waals surface area (Å²) in [6, 6.07) is 0. The van der Waals surface area contributed by atoms with Crippen molar-refractivity contribution < 1.29 is 4.84 Å². The highest BCUT2D eigenvalue weighted by Gasteiger charge is 2.14. The van der Waals surface area contributed by atoms with E-state index < -0.39 is 0 Å². The Morgan fingerprint density at radius 2 is 1.85 bits per heavy atom. The molecule has 1 rings (SSSR count). The summed E-state index contributed by atoms with van der Waals surface area (Å²) in [6.07, 6.45) is 1.67. The first-order valence-electron chi connectivity index (χ1n) is 4.91. The van der Waals surface area contributed by atoms with Gasteiger partial charge in [0.1, 0.15) is 0 Å². The standard InChI is InChI=1S/C9H19N3O/c1-3-10-13-9-12-7-5-11(4-2)6-8-12/h3H,4-9H2,1-2H3/b10-3-. The number of likely N-dealkylation sites (N-methyl/N-ethyl adjacent to an activating group) is 1. The van der Waals surface area contributed by atoms with E-state index in [-0.39, 0.29) is 0 Å². The van der Waals surface area contributed by atoms with Crippen LogP contribution in [0.1, 0.15) is 13.8 Å². The molecule has 0 aromatic rings. The largest absolute Gasteiger partial charge is 0.380 e. The maximum Gasteiger partial charge on any atom is 0.170 e. The zero-order chi connectivity index (χ0) is 9.52. The fraction of sp³-hybridized carbons (Fsp3) is 0.889. The first kappa shape index (κ1) is 10.5. The number of piperazine rings is 1. The highest BCUT2D eigenvalue weighted by Crippen LogP contribution is 2.00. The Kier molecular flexibility index (Phi) is 4.78. The fourth-order valence-electron chi connectivity index (χ4n) is 1.42. The third kappa shape index (κ3) is 3.74. The van der Waals surface area contributed by atoms with Crippen molar-refractivity contribution in [3.8, 4) is 0 Å². The maximum atomic E-state index is 5.07. The molecule has 1 saturated heterocycles. The fourth-order valence-corrected chi connectivity index (χ4v) is 1.42. The van der Waals surface area contributed by atoms with Crippen LogP contribution in [0.4, 0.5) is 0 Å². The van der Waals surface area contributed by atoms with Gasteiger partial charge >= 0.3 is 0 Å². The van der Waals surface area contributed by atoms with E-state index in [1.54, 1.807) is 6.21 Å². The minimum atomic E-state index is 0.627. The molecule has 0 radical (unpaired) electrons. The highest BCUT2D eigenvalue weighted by molar-refractivity contribution is 5.52. The molecular weight excluding hydrogens is 166 g/mol. The molecule has 0 aromatic heterocycles. The Morgan fingerprint density at radius 3 is 2.38 bits per heavy atom. The third-order valence-electron chi connectivity index (χ3n) is 2.33. The minimum absolute atomic E-state index is 0.627. The Labute approximate surface area is 80.1 Å². The van der Waals surface area contributed by atoms with Gasteiger partial charge in [-0.25, -0.2) is 0 Å². The van der Waals surface area contributed by atoms with Gasteiger partial charge in [0.05, 0.1) is 0 Å². The Balaban J connectivity index is 2.10. The second kappa shape index (κ2) is 5.94. The van der Waals surface area contributed by atoms with Crippen LogP contribution in [0.5, 0.6) is 0 Å². The quantitative estimate of drug-likeness (QED) is 0.474. The lowest BCUT2D eigenvalue weighted by molar-refractivity contribution is 0.00619. The van der Waals surface area contributed by atoms with E-state index >= 15 is 0 Å². The van der Waals surface area contributed by atoms with Gasteiger partial charge < -0.3 is 9.74 Å². The van der Waals surface area contributed by atoms with Crippen molar-refractivity contribution in [1.82, 2.24) is 9.80 Å². The van der Waals surface area contributed by atoms with Crippen molar-refractivity contribution in [2.75, 3.05) is 39.5 Å². The SMILES string of the molecule is C/C=N\OCN1CCN(CC)CC1. The number of oxime groups is 1. The lowest BCUT2D eigenvalue weighted by Gasteiger charge is -2.32. The number of hydrogen-bond donors (Lipinski definition) is 0. The van der Waals surface area contributed by atoms with Gasteiger partial charge in [-0.05, 0) is 13.5 Å². The summed E-state index contributed by atoms with van der Waals surface area (Å²) >= 11 is 0. The highest BCUT2D eigenvalue weighted by atomic mass is 16.6. The Morgan fingerprint density at radius 1 is 1.23 bits per heavy atom. The van der Waals surface area contributed by atoms with Gasteiger partial charge in [-0.2, -0.15) is 0 Å². The van der Waals surface area contributed by atoms with Crippen LogP contribution >= 0.6 is 0 Å². The molecule has 4 heteroatoms. The van der Waals surface area contributed by atoms with E-state index in [0.717, 1.165) is 32.7 Å². The van der Waals surface area contributed by atoms with Crippen LogP contribution in [0.2, 0.25) is 0 Å². The van der Waals surface area contributed by atoms with Crippen molar-refractivity contribution in [2.24, 2.45) is 5.16 Å². The van der Waals surface area contributed by atoms with Crippen molar-refractivity contribution in [2.45, 2.75) is 13.8 Å². The predicted molar refractivity (Wildman–Crippen MR) is 53.8 cm³/mol. The lowest BCUT2D eigenvalue weighted by Crippen LogP contribution is -2.46. The molecule has 0 amide bonds. The number of hydrogen-bond acceptors (Lipinski definition) is 4. The van der Waals surface area contributed by atoms with Gasteiger partial charge in [-0.15, -0.1) is 0 Å². The zero-order valence-electron chi connectivity index (χ0n) is 8.57. The summed E-state index contributed by atoms with van der Waals surface area (Å²) in [7, 11) is 0. The van der Waals surface area contributed by atoms with Crippen molar-refractivity contribution in [3.05, 3.63) is 0 Å². The summed E-state index contributed by atoms with van der Waals surface area (Å²) in [4.78, 5) is 9.79. The Bertz CT molecular complexity index is 153. The zero-order valence-corrected chi connectivity index (χ0v) is 8.57. The molecule has 76 valence electrons. The molecule has 1 fully saturated rings. The van der Waals surface area contributed by atoms with Crippen LogP contribution in [0.3, 0.4) is 0 Å². The summed E-state index contributed by atoms with van der Waals surface area (Å²) in [5.74, 6) is 0. The van der Waals surface area contributed by atoms with E-state index in [0.29, 0.717) is 6.73 Å². The van der Waals surface area contributed by atoms with Gasteiger partial charge in [0.2, 0.25) is 0 Å². The van der Waals surface area contributed by atoms with Gasteiger partial charge in [-0.3, -0.25) is 4.90 Å². The maximum absolute atomic E-state index is 5.07. The van der Waals surface area contributed by atoms with Crippen molar-refractivity contribution >= 4 is 6.21 Å². The molecule has 0 aromatic carbocycles. The summed E-state index contributed by atoms with van der Waals surface area (Å²) < 4.78 is 0. The topological polar surface area (TPSA) is 28.1 Å². The second-order valence-electron chi connectivity index (χ2n) is 3.17. The van der Waals surface area contributed by atoms with Gasteiger partial charge in [-0.1, -0.05) is 12.1 Å². The molecular formula is C9H19N3O. The molecule has 0 saturated carbocycles. The molecule has 0 spiro atoms. The van der Waals surface area contributed by atoms with Gasteiger partial charge in [0, 0.05) is 32.4 Å². The Hall–Kier alpha value is -0.610. The summed E-state index contributed by atoms with van der Waals surface area (Å²) in [5.41, 5.74) is 0. The molecule has 0 aliphatic carbocycles. The van der Waals surface area contributed by atoms with Crippen LogP contribution in [0.25, 0.3) is 0 Å². The molecule has 1 heterocycles. The van der Waals surface area contributed by atoms with E-state index in [4.69, 9.17) is 4.84 Å². The average Bonchev–Trinajstić information content (AvgIpc) is 2.19. The van der Waals surface area contributed by atoms with Gasteiger partial charge in [0.15, 0.2) is 6.73 Å². The summed E-state index contributed by atoms with van der Waals surface area (Å²) in [6.45, 7) is 10.3. The van der Waals surface area contributed by atoms with E-state index in [9.17, 15) is 0 Å². The smallest absolute Gasteiger partial charge is 0.170 e. The van der Waals surface area contributed by atoms with Crippen molar-refractivity contribution in [3.63, 3.8) is 0 Å². The molecule has 0 N–H and O–H groups in total. The van der Waals surface area contributed by atoms with Crippen LogP contribution in [0, 0.1) is 0 Å². The lowest BCUT2D eigenvalue weighted by atomic mass is 10.3. The second-order valence-corrected chi connectivity index (χ2v) is 3.17. The molecule has 4 nitrogen and oxygen atoms in total. The number of nitrogens with zero attached hydrogens (tertiary/aromatic N) is 3. The van der Waals surface area contributed by atoms with E-state index in [1.807, 2.05) is 6.92 Å². The average molecular weight is 185 g/mol. The van der Waals surface area contributed by atoms with Crippen molar-refractivity contribution in [1.29, 1.82) is 0 Å². The molecule has 0 bridgehead atoms. The van der Waals surface area contributed by atoms with E-state index in [2.05, 4.69) is 21.9 Å².